The fourth-order valence-corrected chi connectivity index (χ4v) is 2.47. The average molecular weight is 212 g/mol. The van der Waals surface area contributed by atoms with Crippen molar-refractivity contribution in [2.45, 2.75) is 19.3 Å². The topological polar surface area (TPSA) is 37.3 Å². The Kier molecular flexibility index (Phi) is 1.96. The maximum Gasteiger partial charge on any atom is 0.163 e. The Bertz CT molecular complexity index is 585. The molecule has 16 heavy (non-hydrogen) atoms. The van der Waals surface area contributed by atoms with E-state index in [-0.39, 0.29) is 11.5 Å². The van der Waals surface area contributed by atoms with Crippen LogP contribution >= 0.6 is 0 Å². The minimum absolute atomic E-state index is 0.247. The number of hydrogen-bond acceptors (Lipinski definition) is 2. The second-order valence-corrected chi connectivity index (χ2v) is 4.27. The van der Waals surface area contributed by atoms with Crippen molar-refractivity contribution < 1.29 is 9.90 Å². The fraction of sp³-hybridized carbons (Fsp3) is 0.214. The molecule has 1 aliphatic rings. The molecule has 2 nitrogen and oxygen atoms in total. The van der Waals surface area contributed by atoms with Crippen LogP contribution in [0.2, 0.25) is 0 Å². The normalized spacial score (nSPS) is 15.1. The number of aryl methyl sites for hydroxylation is 1. The van der Waals surface area contributed by atoms with Crippen LogP contribution in [-0.2, 0) is 6.42 Å². The first-order valence-electron chi connectivity index (χ1n) is 5.53. The van der Waals surface area contributed by atoms with E-state index in [1.165, 1.54) is 0 Å². The van der Waals surface area contributed by atoms with Crippen molar-refractivity contribution in [3.63, 3.8) is 0 Å². The molecule has 0 unspecified atom stereocenters. The summed E-state index contributed by atoms with van der Waals surface area (Å²) in [5.41, 5.74) is 2.01. The van der Waals surface area contributed by atoms with Crippen molar-refractivity contribution in [1.82, 2.24) is 0 Å². The van der Waals surface area contributed by atoms with E-state index in [0.717, 1.165) is 34.7 Å². The SMILES string of the molecule is O=C1CCCc2c1ccc1cc(O)ccc21. The maximum atomic E-state index is 11.7. The van der Waals surface area contributed by atoms with E-state index in [1.54, 1.807) is 12.1 Å². The lowest BCUT2D eigenvalue weighted by molar-refractivity contribution is 0.0973. The Labute approximate surface area is 93.5 Å². The summed E-state index contributed by atoms with van der Waals surface area (Å²) in [7, 11) is 0. The molecule has 2 heteroatoms. The molecule has 0 bridgehead atoms. The molecule has 0 radical (unpaired) electrons. The summed E-state index contributed by atoms with van der Waals surface area (Å²) < 4.78 is 0. The monoisotopic (exact) mass is 212 g/mol. The van der Waals surface area contributed by atoms with Gasteiger partial charge in [0.2, 0.25) is 0 Å². The lowest BCUT2D eigenvalue weighted by Gasteiger charge is -2.16. The van der Waals surface area contributed by atoms with Gasteiger partial charge in [-0.05, 0) is 41.3 Å². The van der Waals surface area contributed by atoms with E-state index >= 15 is 0 Å². The molecule has 0 atom stereocenters. The minimum Gasteiger partial charge on any atom is -0.508 e. The highest BCUT2D eigenvalue weighted by molar-refractivity contribution is 6.03. The van der Waals surface area contributed by atoms with Crippen LogP contribution in [0.4, 0.5) is 0 Å². The molecule has 1 N–H and O–H groups in total. The molecule has 0 amide bonds. The Hall–Kier alpha value is -1.83. The van der Waals surface area contributed by atoms with E-state index in [2.05, 4.69) is 0 Å². The van der Waals surface area contributed by atoms with Crippen molar-refractivity contribution >= 4 is 16.6 Å². The zero-order valence-corrected chi connectivity index (χ0v) is 8.86. The van der Waals surface area contributed by atoms with Crippen molar-refractivity contribution in [3.05, 3.63) is 41.5 Å². The number of ketones is 1. The molecule has 80 valence electrons. The van der Waals surface area contributed by atoms with E-state index in [4.69, 9.17) is 0 Å². The molecule has 1 aliphatic carbocycles. The van der Waals surface area contributed by atoms with Crippen LogP contribution in [0.1, 0.15) is 28.8 Å². The van der Waals surface area contributed by atoms with Crippen molar-refractivity contribution in [3.8, 4) is 5.75 Å². The minimum atomic E-state index is 0.247. The summed E-state index contributed by atoms with van der Waals surface area (Å²) in [6.45, 7) is 0. The van der Waals surface area contributed by atoms with Gasteiger partial charge in [-0.15, -0.1) is 0 Å². The summed E-state index contributed by atoms with van der Waals surface area (Å²) in [5.74, 6) is 0.519. The van der Waals surface area contributed by atoms with Crippen LogP contribution in [-0.4, -0.2) is 10.9 Å². The first-order chi connectivity index (χ1) is 7.75. The molecule has 0 heterocycles. The van der Waals surface area contributed by atoms with E-state index < -0.39 is 0 Å². The first-order valence-corrected chi connectivity index (χ1v) is 5.53. The molecule has 3 rings (SSSR count). The maximum absolute atomic E-state index is 11.7. The van der Waals surface area contributed by atoms with Crippen LogP contribution in [0.5, 0.6) is 5.75 Å². The van der Waals surface area contributed by atoms with Gasteiger partial charge in [-0.2, -0.15) is 0 Å². The average Bonchev–Trinajstić information content (AvgIpc) is 2.28. The lowest BCUT2D eigenvalue weighted by Crippen LogP contribution is -2.10. The van der Waals surface area contributed by atoms with Gasteiger partial charge in [0.05, 0.1) is 0 Å². The van der Waals surface area contributed by atoms with Gasteiger partial charge in [0.15, 0.2) is 5.78 Å². The zero-order chi connectivity index (χ0) is 11.1. The highest BCUT2D eigenvalue weighted by atomic mass is 16.3. The molecular formula is C14H12O2. The number of rotatable bonds is 0. The Morgan fingerprint density at radius 3 is 2.81 bits per heavy atom. The van der Waals surface area contributed by atoms with Gasteiger partial charge in [0, 0.05) is 12.0 Å². The Morgan fingerprint density at radius 2 is 1.94 bits per heavy atom. The standard InChI is InChI=1S/C14H12O2/c15-10-5-7-11-9(8-10)4-6-13-12(11)2-1-3-14(13)16/h4-8,15H,1-3H2. The smallest absolute Gasteiger partial charge is 0.163 e. The summed E-state index contributed by atoms with van der Waals surface area (Å²) >= 11 is 0. The van der Waals surface area contributed by atoms with Gasteiger partial charge in [-0.3, -0.25) is 4.79 Å². The molecular weight excluding hydrogens is 200 g/mol. The van der Waals surface area contributed by atoms with Crippen LogP contribution in [0.15, 0.2) is 30.3 Å². The van der Waals surface area contributed by atoms with Crippen LogP contribution in [0.25, 0.3) is 10.8 Å². The molecule has 0 spiro atoms. The molecule has 0 aromatic heterocycles. The Morgan fingerprint density at radius 1 is 1.06 bits per heavy atom. The third-order valence-electron chi connectivity index (χ3n) is 3.25. The number of phenolic OH excluding ortho intramolecular Hbond substituents is 1. The molecule has 0 aliphatic heterocycles. The summed E-state index contributed by atoms with van der Waals surface area (Å²) in [4.78, 5) is 11.7. The number of phenols is 1. The Balaban J connectivity index is 2.35. The van der Waals surface area contributed by atoms with Gasteiger partial charge in [0.25, 0.3) is 0 Å². The van der Waals surface area contributed by atoms with Gasteiger partial charge in [-0.25, -0.2) is 0 Å². The number of Topliss-reactive ketones (excluding diaryl/α,β-unsaturated/α-hetero) is 1. The van der Waals surface area contributed by atoms with Gasteiger partial charge in [-0.1, -0.05) is 18.2 Å². The summed E-state index contributed by atoms with van der Waals surface area (Å²) in [5, 5.41) is 11.5. The second kappa shape index (κ2) is 3.34. The van der Waals surface area contributed by atoms with E-state index in [0.29, 0.717) is 6.42 Å². The highest BCUT2D eigenvalue weighted by Gasteiger charge is 2.18. The van der Waals surface area contributed by atoms with Crippen LogP contribution in [0.3, 0.4) is 0 Å². The number of hydrogen-bond donors (Lipinski definition) is 1. The summed E-state index contributed by atoms with van der Waals surface area (Å²) in [6.07, 6.45) is 2.56. The number of fused-ring (bicyclic) bond motifs is 3. The van der Waals surface area contributed by atoms with E-state index in [9.17, 15) is 9.90 Å². The van der Waals surface area contributed by atoms with Crippen molar-refractivity contribution in [2.24, 2.45) is 0 Å². The van der Waals surface area contributed by atoms with Crippen molar-refractivity contribution in [1.29, 1.82) is 0 Å². The van der Waals surface area contributed by atoms with Crippen molar-refractivity contribution in [2.75, 3.05) is 0 Å². The molecule has 0 saturated heterocycles. The van der Waals surface area contributed by atoms with Gasteiger partial charge >= 0.3 is 0 Å². The van der Waals surface area contributed by atoms with Gasteiger partial charge < -0.3 is 5.11 Å². The number of carbonyl (C=O) groups excluding carboxylic acids is 1. The predicted octanol–water partition coefficient (Wildman–Crippen LogP) is 3.06. The second-order valence-electron chi connectivity index (χ2n) is 4.27. The lowest BCUT2D eigenvalue weighted by atomic mass is 9.87. The highest BCUT2D eigenvalue weighted by Crippen LogP contribution is 2.30. The molecule has 0 saturated carbocycles. The van der Waals surface area contributed by atoms with E-state index in [1.807, 2.05) is 18.2 Å². The van der Waals surface area contributed by atoms with Gasteiger partial charge in [0.1, 0.15) is 5.75 Å². The third kappa shape index (κ3) is 1.30. The quantitative estimate of drug-likeness (QED) is 0.728. The number of benzene rings is 2. The van der Waals surface area contributed by atoms with Crippen LogP contribution < -0.4 is 0 Å². The fourth-order valence-electron chi connectivity index (χ4n) is 2.47. The number of carbonyl (C=O) groups is 1. The molecule has 2 aromatic rings. The van der Waals surface area contributed by atoms with Crippen LogP contribution in [0, 0.1) is 0 Å². The largest absolute Gasteiger partial charge is 0.508 e. The summed E-state index contributed by atoms with van der Waals surface area (Å²) in [6, 6.07) is 9.13. The molecule has 2 aromatic carbocycles. The first kappa shape index (κ1) is 9.40. The predicted molar refractivity (Wildman–Crippen MR) is 62.9 cm³/mol. The zero-order valence-electron chi connectivity index (χ0n) is 8.86. The molecule has 0 fully saturated rings. The number of aromatic hydroxyl groups is 1. The third-order valence-corrected chi connectivity index (χ3v) is 3.25.